The summed E-state index contributed by atoms with van der Waals surface area (Å²) in [5, 5.41) is 22.5. The number of carboxylic acid groups (broad SMARTS) is 1. The van der Waals surface area contributed by atoms with Crippen molar-refractivity contribution in [2.24, 2.45) is 0 Å². The maximum absolute atomic E-state index is 12.4. The van der Waals surface area contributed by atoms with Crippen molar-refractivity contribution in [1.82, 2.24) is 10.2 Å². The van der Waals surface area contributed by atoms with Crippen LogP contribution in [-0.4, -0.2) is 36.3 Å². The third-order valence-corrected chi connectivity index (χ3v) is 4.56. The number of carbonyl (C=O) groups excluding carboxylic acids is 2. The van der Waals surface area contributed by atoms with Gasteiger partial charge in [-0.05, 0) is 24.3 Å². The molecule has 1 N–H and O–H groups in total. The summed E-state index contributed by atoms with van der Waals surface area (Å²) in [7, 11) is 3.07. The molecule has 1 aromatic heterocycles. The normalized spacial score (nSPS) is 10.3. The van der Waals surface area contributed by atoms with Gasteiger partial charge in [0, 0.05) is 16.7 Å². The van der Waals surface area contributed by atoms with E-state index in [2.05, 4.69) is 15.5 Å². The second-order valence-electron chi connectivity index (χ2n) is 5.27. The van der Waals surface area contributed by atoms with Crippen molar-refractivity contribution in [3.05, 3.63) is 53.6 Å². The smallest absolute Gasteiger partial charge is 0.258 e. The second kappa shape index (κ2) is 7.83. The first-order chi connectivity index (χ1) is 13.0. The van der Waals surface area contributed by atoms with E-state index in [1.165, 1.54) is 25.3 Å². The molecule has 9 heteroatoms. The van der Waals surface area contributed by atoms with Crippen molar-refractivity contribution in [1.29, 1.82) is 0 Å². The average Bonchev–Trinajstić information content (AvgIpc) is 3.15. The summed E-state index contributed by atoms with van der Waals surface area (Å²) in [4.78, 5) is 23.5. The fourth-order valence-corrected chi connectivity index (χ4v) is 3.12. The number of benzene rings is 2. The summed E-state index contributed by atoms with van der Waals surface area (Å²) in [6.45, 7) is 0. The Morgan fingerprint density at radius 1 is 1.00 bits per heavy atom. The molecule has 0 saturated heterocycles. The molecular weight excluding hydrogens is 370 g/mol. The number of nitrogens with zero attached hydrogens (tertiary/aromatic N) is 2. The lowest BCUT2D eigenvalue weighted by atomic mass is 10.1. The van der Waals surface area contributed by atoms with Crippen molar-refractivity contribution in [2.45, 2.75) is 0 Å². The third-order valence-electron chi connectivity index (χ3n) is 3.67. The number of hydrogen-bond acceptors (Lipinski definition) is 8. The molecular formula is C18H14N3O5S-. The number of anilines is 1. The summed E-state index contributed by atoms with van der Waals surface area (Å²) < 4.78 is 10.5. The zero-order valence-corrected chi connectivity index (χ0v) is 15.2. The van der Waals surface area contributed by atoms with E-state index in [4.69, 9.17) is 9.47 Å². The standard InChI is InChI=1S/C18H15N3O5S/c1-25-13-8-7-10(9-14(13)26-2)16-20-21-18(27-16)19-15(22)11-5-3-4-6-12(11)17(23)24/h3-9H,1-2H3,(H,23,24)(H,19,21,22)/p-1. The Hall–Kier alpha value is -3.46. The molecule has 0 spiro atoms. The Morgan fingerprint density at radius 2 is 1.70 bits per heavy atom. The van der Waals surface area contributed by atoms with E-state index in [1.54, 1.807) is 31.4 Å². The van der Waals surface area contributed by atoms with Crippen molar-refractivity contribution < 1.29 is 24.2 Å². The summed E-state index contributed by atoms with van der Waals surface area (Å²) in [6.07, 6.45) is 0. The van der Waals surface area contributed by atoms with Gasteiger partial charge in [-0.25, -0.2) is 0 Å². The molecule has 0 radical (unpaired) electrons. The fraction of sp³-hybridized carbons (Fsp3) is 0.111. The summed E-state index contributed by atoms with van der Waals surface area (Å²) in [5.41, 5.74) is 0.529. The fourth-order valence-electron chi connectivity index (χ4n) is 2.38. The van der Waals surface area contributed by atoms with Gasteiger partial charge in [-0.1, -0.05) is 29.5 Å². The number of methoxy groups -OCH3 is 2. The van der Waals surface area contributed by atoms with Crippen LogP contribution in [0.3, 0.4) is 0 Å². The zero-order valence-electron chi connectivity index (χ0n) is 14.4. The SMILES string of the molecule is COc1ccc(-c2nnc(NC(=O)c3ccccc3C(=O)[O-])s2)cc1OC. The molecule has 0 bridgehead atoms. The van der Waals surface area contributed by atoms with E-state index in [0.717, 1.165) is 16.9 Å². The predicted octanol–water partition coefficient (Wildman–Crippen LogP) is 1.84. The molecule has 1 amide bonds. The first-order valence-corrected chi connectivity index (χ1v) is 8.52. The van der Waals surface area contributed by atoms with Crippen molar-refractivity contribution in [3.8, 4) is 22.1 Å². The van der Waals surface area contributed by atoms with Gasteiger partial charge in [0.25, 0.3) is 5.91 Å². The number of rotatable bonds is 6. The maximum atomic E-state index is 12.4. The second-order valence-corrected chi connectivity index (χ2v) is 6.25. The van der Waals surface area contributed by atoms with Crippen LogP contribution >= 0.6 is 11.3 Å². The first-order valence-electron chi connectivity index (χ1n) is 7.71. The van der Waals surface area contributed by atoms with Crippen molar-refractivity contribution in [3.63, 3.8) is 0 Å². The molecule has 27 heavy (non-hydrogen) atoms. The Labute approximate surface area is 158 Å². The largest absolute Gasteiger partial charge is 0.545 e. The molecule has 0 aliphatic heterocycles. The monoisotopic (exact) mass is 384 g/mol. The molecule has 0 unspecified atom stereocenters. The predicted molar refractivity (Wildman–Crippen MR) is 97.2 cm³/mol. The van der Waals surface area contributed by atoms with Gasteiger partial charge in [-0.15, -0.1) is 10.2 Å². The number of hydrogen-bond donors (Lipinski definition) is 1. The van der Waals surface area contributed by atoms with Gasteiger partial charge in [0.2, 0.25) is 5.13 Å². The number of nitrogens with one attached hydrogen (secondary N) is 1. The van der Waals surface area contributed by atoms with Gasteiger partial charge in [-0.2, -0.15) is 0 Å². The Morgan fingerprint density at radius 3 is 2.37 bits per heavy atom. The highest BCUT2D eigenvalue weighted by atomic mass is 32.1. The average molecular weight is 384 g/mol. The first kappa shape index (κ1) is 18.3. The third kappa shape index (κ3) is 3.87. The van der Waals surface area contributed by atoms with Crippen LogP contribution in [0.5, 0.6) is 11.5 Å². The minimum atomic E-state index is -1.43. The molecule has 138 valence electrons. The van der Waals surface area contributed by atoms with E-state index in [-0.39, 0.29) is 16.3 Å². The highest BCUT2D eigenvalue weighted by molar-refractivity contribution is 7.18. The maximum Gasteiger partial charge on any atom is 0.258 e. The van der Waals surface area contributed by atoms with Gasteiger partial charge in [0.05, 0.1) is 20.2 Å². The van der Waals surface area contributed by atoms with E-state index in [1.807, 2.05) is 0 Å². The van der Waals surface area contributed by atoms with Gasteiger partial charge in [-0.3, -0.25) is 10.1 Å². The van der Waals surface area contributed by atoms with Gasteiger partial charge < -0.3 is 19.4 Å². The van der Waals surface area contributed by atoms with Crippen molar-refractivity contribution in [2.75, 3.05) is 19.5 Å². The van der Waals surface area contributed by atoms with Crippen LogP contribution in [0.25, 0.3) is 10.6 Å². The topological polar surface area (TPSA) is 113 Å². The van der Waals surface area contributed by atoms with Crippen LogP contribution in [0.4, 0.5) is 5.13 Å². The lowest BCUT2D eigenvalue weighted by Crippen LogP contribution is -2.26. The van der Waals surface area contributed by atoms with Crippen molar-refractivity contribution >= 4 is 28.3 Å². The van der Waals surface area contributed by atoms with Crippen LogP contribution < -0.4 is 19.9 Å². The Kier molecular flexibility index (Phi) is 5.32. The molecule has 0 saturated carbocycles. The molecule has 0 aliphatic rings. The molecule has 3 rings (SSSR count). The molecule has 0 fully saturated rings. The lowest BCUT2D eigenvalue weighted by Gasteiger charge is -2.09. The lowest BCUT2D eigenvalue weighted by molar-refractivity contribution is -0.255. The number of ether oxygens (including phenoxy) is 2. The van der Waals surface area contributed by atoms with Crippen LogP contribution in [-0.2, 0) is 0 Å². The number of aromatic carboxylic acids is 1. The van der Waals surface area contributed by atoms with Crippen LogP contribution in [0, 0.1) is 0 Å². The highest BCUT2D eigenvalue weighted by Crippen LogP contribution is 2.34. The number of amides is 1. The molecule has 8 nitrogen and oxygen atoms in total. The molecule has 3 aromatic rings. The molecule has 0 aliphatic carbocycles. The number of carboxylic acids is 1. The Balaban J connectivity index is 1.83. The number of carbonyl (C=O) groups is 2. The van der Waals surface area contributed by atoms with Gasteiger partial charge in [0.15, 0.2) is 11.5 Å². The zero-order chi connectivity index (χ0) is 19.4. The molecule has 1 heterocycles. The summed E-state index contributed by atoms with van der Waals surface area (Å²) >= 11 is 1.14. The minimum absolute atomic E-state index is 0.0135. The van der Waals surface area contributed by atoms with E-state index in [9.17, 15) is 14.7 Å². The summed E-state index contributed by atoms with van der Waals surface area (Å²) in [5.74, 6) is -0.911. The van der Waals surface area contributed by atoms with Crippen LogP contribution in [0.15, 0.2) is 42.5 Å². The van der Waals surface area contributed by atoms with Gasteiger partial charge in [0.1, 0.15) is 5.01 Å². The van der Waals surface area contributed by atoms with E-state index < -0.39 is 11.9 Å². The van der Waals surface area contributed by atoms with Crippen LogP contribution in [0.1, 0.15) is 20.7 Å². The Bertz CT molecular complexity index is 1000. The van der Waals surface area contributed by atoms with Gasteiger partial charge >= 0.3 is 0 Å². The molecule has 2 aromatic carbocycles. The van der Waals surface area contributed by atoms with Crippen LogP contribution in [0.2, 0.25) is 0 Å². The summed E-state index contributed by atoms with van der Waals surface area (Å²) in [6, 6.07) is 11.1. The molecule has 0 atom stereocenters. The minimum Gasteiger partial charge on any atom is -0.545 e. The van der Waals surface area contributed by atoms with E-state index in [0.29, 0.717) is 16.5 Å². The van der Waals surface area contributed by atoms with E-state index >= 15 is 0 Å². The number of aromatic nitrogens is 2. The quantitative estimate of drug-likeness (QED) is 0.690. The highest BCUT2D eigenvalue weighted by Gasteiger charge is 2.15.